The molecule has 0 aromatic heterocycles. The third-order valence-corrected chi connectivity index (χ3v) is 3.24. The zero-order chi connectivity index (χ0) is 16.8. The highest BCUT2D eigenvalue weighted by Gasteiger charge is 2.11. The zero-order valence-corrected chi connectivity index (χ0v) is 15.3. The van der Waals surface area contributed by atoms with Crippen LogP contribution < -0.4 is 0 Å². The Morgan fingerprint density at radius 1 is 0.682 bits per heavy atom. The smallest absolute Gasteiger partial charge is 0.0781 e. The van der Waals surface area contributed by atoms with E-state index in [-0.39, 0.29) is 24.4 Å². The Morgan fingerprint density at radius 3 is 1.59 bits per heavy atom. The van der Waals surface area contributed by atoms with Crippen molar-refractivity contribution in [3.63, 3.8) is 0 Å². The summed E-state index contributed by atoms with van der Waals surface area (Å²) in [5.41, 5.74) is 0. The lowest BCUT2D eigenvalue weighted by atomic mass is 10.3. The van der Waals surface area contributed by atoms with E-state index in [1.165, 1.54) is 0 Å². The molecule has 0 spiro atoms. The molecule has 0 aromatic rings. The summed E-state index contributed by atoms with van der Waals surface area (Å²) in [5.74, 6) is 0. The minimum Gasteiger partial charge on any atom is -0.379 e. The summed E-state index contributed by atoms with van der Waals surface area (Å²) in [6, 6.07) is 0. The second kappa shape index (κ2) is 14.4. The molecule has 5 heteroatoms. The Labute approximate surface area is 136 Å². The molecule has 0 N–H and O–H groups in total. The Hall–Kier alpha value is -0.200. The highest BCUT2D eigenvalue weighted by molar-refractivity contribution is 4.56. The molecule has 5 nitrogen and oxygen atoms in total. The van der Waals surface area contributed by atoms with Gasteiger partial charge in [-0.1, -0.05) is 13.3 Å². The number of methoxy groups -OCH3 is 1. The maximum Gasteiger partial charge on any atom is 0.0781 e. The fourth-order valence-corrected chi connectivity index (χ4v) is 1.61. The van der Waals surface area contributed by atoms with E-state index in [0.717, 1.165) is 19.4 Å². The highest BCUT2D eigenvalue weighted by Crippen LogP contribution is 2.02. The lowest BCUT2D eigenvalue weighted by Crippen LogP contribution is -2.28. The van der Waals surface area contributed by atoms with Crippen LogP contribution in [0.2, 0.25) is 0 Å². The van der Waals surface area contributed by atoms with Gasteiger partial charge >= 0.3 is 0 Å². The van der Waals surface area contributed by atoms with Crippen molar-refractivity contribution >= 4 is 0 Å². The first-order chi connectivity index (χ1) is 10.5. The van der Waals surface area contributed by atoms with Crippen molar-refractivity contribution in [3.8, 4) is 0 Å². The van der Waals surface area contributed by atoms with Gasteiger partial charge in [-0.05, 0) is 34.1 Å². The van der Waals surface area contributed by atoms with Crippen molar-refractivity contribution < 1.29 is 23.7 Å². The number of unbranched alkanes of at least 4 members (excludes halogenated alkanes) is 1. The average Bonchev–Trinajstić information content (AvgIpc) is 2.52. The Bertz CT molecular complexity index is 237. The van der Waals surface area contributed by atoms with Gasteiger partial charge in [-0.25, -0.2) is 0 Å². The van der Waals surface area contributed by atoms with Crippen LogP contribution in [0, 0.1) is 0 Å². The summed E-state index contributed by atoms with van der Waals surface area (Å²) in [4.78, 5) is 0. The molecule has 0 bridgehead atoms. The van der Waals surface area contributed by atoms with Crippen LogP contribution in [0.1, 0.15) is 47.5 Å². The Balaban J connectivity index is 3.57. The Morgan fingerprint density at radius 2 is 1.14 bits per heavy atom. The minimum atomic E-state index is 0.0454. The van der Waals surface area contributed by atoms with Gasteiger partial charge in [-0.2, -0.15) is 0 Å². The fourth-order valence-electron chi connectivity index (χ4n) is 1.61. The monoisotopic (exact) mass is 320 g/mol. The number of hydrogen-bond acceptors (Lipinski definition) is 5. The van der Waals surface area contributed by atoms with E-state index >= 15 is 0 Å². The van der Waals surface area contributed by atoms with Crippen LogP contribution in [0.3, 0.4) is 0 Å². The molecule has 0 rings (SSSR count). The Kier molecular flexibility index (Phi) is 14.3. The van der Waals surface area contributed by atoms with Gasteiger partial charge < -0.3 is 23.7 Å². The lowest BCUT2D eigenvalue weighted by Gasteiger charge is -2.21. The second-order valence-corrected chi connectivity index (χ2v) is 5.91. The van der Waals surface area contributed by atoms with Crippen molar-refractivity contribution in [2.45, 2.75) is 71.9 Å². The van der Waals surface area contributed by atoms with Gasteiger partial charge in [0.2, 0.25) is 0 Å². The normalized spacial score (nSPS) is 17.2. The third kappa shape index (κ3) is 13.5. The molecule has 0 radical (unpaired) electrons. The fraction of sp³-hybridized carbons (Fsp3) is 1.00. The van der Waals surface area contributed by atoms with E-state index < -0.39 is 0 Å². The van der Waals surface area contributed by atoms with Gasteiger partial charge in [-0.3, -0.25) is 0 Å². The molecule has 134 valence electrons. The summed E-state index contributed by atoms with van der Waals surface area (Å²) in [7, 11) is 1.68. The van der Waals surface area contributed by atoms with Crippen molar-refractivity contribution in [1.29, 1.82) is 0 Å². The van der Waals surface area contributed by atoms with Crippen LogP contribution in [0.15, 0.2) is 0 Å². The van der Waals surface area contributed by atoms with E-state index in [1.54, 1.807) is 7.11 Å². The summed E-state index contributed by atoms with van der Waals surface area (Å²) in [6.45, 7) is 13.3. The average molecular weight is 320 g/mol. The lowest BCUT2D eigenvalue weighted by molar-refractivity contribution is -0.0891. The molecular weight excluding hydrogens is 284 g/mol. The molecule has 0 amide bonds. The summed E-state index contributed by atoms with van der Waals surface area (Å²) < 4.78 is 27.8. The van der Waals surface area contributed by atoms with Crippen molar-refractivity contribution in [3.05, 3.63) is 0 Å². The van der Waals surface area contributed by atoms with E-state index in [2.05, 4.69) is 6.92 Å². The van der Waals surface area contributed by atoms with Crippen LogP contribution in [-0.2, 0) is 23.7 Å². The van der Waals surface area contributed by atoms with Crippen LogP contribution in [0.4, 0.5) is 0 Å². The quantitative estimate of drug-likeness (QED) is 0.434. The van der Waals surface area contributed by atoms with Crippen LogP contribution in [0.5, 0.6) is 0 Å². The highest BCUT2D eigenvalue weighted by atomic mass is 16.6. The standard InChI is InChI=1S/C17H36O5/c1-7-8-9-19-10-15(3)21-12-17(5)22-13-16(4)20-11-14(2)18-6/h14-17H,7-13H2,1-6H3. The van der Waals surface area contributed by atoms with Gasteiger partial charge in [0.15, 0.2) is 0 Å². The van der Waals surface area contributed by atoms with Gasteiger partial charge in [0.25, 0.3) is 0 Å². The molecule has 0 fully saturated rings. The van der Waals surface area contributed by atoms with E-state index in [4.69, 9.17) is 23.7 Å². The van der Waals surface area contributed by atoms with E-state index in [9.17, 15) is 0 Å². The molecule has 4 unspecified atom stereocenters. The van der Waals surface area contributed by atoms with Crippen molar-refractivity contribution in [2.24, 2.45) is 0 Å². The molecule has 22 heavy (non-hydrogen) atoms. The van der Waals surface area contributed by atoms with Gasteiger partial charge in [0.05, 0.1) is 50.8 Å². The molecule has 0 saturated heterocycles. The van der Waals surface area contributed by atoms with Crippen molar-refractivity contribution in [1.82, 2.24) is 0 Å². The van der Waals surface area contributed by atoms with Gasteiger partial charge in [0, 0.05) is 13.7 Å². The largest absolute Gasteiger partial charge is 0.379 e. The van der Waals surface area contributed by atoms with Crippen LogP contribution in [-0.4, -0.2) is 64.6 Å². The van der Waals surface area contributed by atoms with E-state index in [1.807, 2.05) is 27.7 Å². The molecule has 0 aromatic carbocycles. The molecular formula is C17H36O5. The number of hydrogen-bond donors (Lipinski definition) is 0. The number of ether oxygens (including phenoxy) is 5. The van der Waals surface area contributed by atoms with Crippen LogP contribution >= 0.6 is 0 Å². The van der Waals surface area contributed by atoms with Crippen LogP contribution in [0.25, 0.3) is 0 Å². The summed E-state index contributed by atoms with van der Waals surface area (Å²) in [6.07, 6.45) is 2.56. The zero-order valence-electron chi connectivity index (χ0n) is 15.3. The SMILES string of the molecule is CCCCOCC(C)OCC(C)OCC(C)OCC(C)OC. The topological polar surface area (TPSA) is 46.2 Å². The molecule has 4 atom stereocenters. The second-order valence-electron chi connectivity index (χ2n) is 5.91. The predicted octanol–water partition coefficient (Wildman–Crippen LogP) is 3.05. The van der Waals surface area contributed by atoms with E-state index in [0.29, 0.717) is 26.4 Å². The summed E-state index contributed by atoms with van der Waals surface area (Å²) in [5, 5.41) is 0. The molecule has 0 heterocycles. The van der Waals surface area contributed by atoms with Crippen molar-refractivity contribution in [2.75, 3.05) is 40.1 Å². The van der Waals surface area contributed by atoms with Gasteiger partial charge in [-0.15, -0.1) is 0 Å². The maximum absolute atomic E-state index is 5.73. The molecule has 0 saturated carbocycles. The molecule has 0 aliphatic heterocycles. The first kappa shape index (κ1) is 21.8. The predicted molar refractivity (Wildman–Crippen MR) is 88.4 cm³/mol. The first-order valence-electron chi connectivity index (χ1n) is 8.44. The minimum absolute atomic E-state index is 0.0454. The first-order valence-corrected chi connectivity index (χ1v) is 8.44. The molecule has 0 aliphatic rings. The third-order valence-electron chi connectivity index (χ3n) is 3.24. The summed E-state index contributed by atoms with van der Waals surface area (Å²) >= 11 is 0. The number of rotatable bonds is 15. The maximum atomic E-state index is 5.73. The van der Waals surface area contributed by atoms with Gasteiger partial charge in [0.1, 0.15) is 0 Å². The molecule has 0 aliphatic carbocycles.